The van der Waals surface area contributed by atoms with E-state index in [4.69, 9.17) is 5.84 Å². The van der Waals surface area contributed by atoms with Gasteiger partial charge in [-0.25, -0.2) is 0 Å². The second-order valence-corrected chi connectivity index (χ2v) is 5.02. The van der Waals surface area contributed by atoms with Gasteiger partial charge in [0.2, 0.25) is 0 Å². The van der Waals surface area contributed by atoms with E-state index < -0.39 is 0 Å². The molecule has 1 heterocycles. The third-order valence-corrected chi connectivity index (χ3v) is 4.02. The van der Waals surface area contributed by atoms with E-state index in [0.717, 1.165) is 22.2 Å². The van der Waals surface area contributed by atoms with E-state index in [9.17, 15) is 0 Å². The Balaban J connectivity index is 2.26. The van der Waals surface area contributed by atoms with Gasteiger partial charge in [-0.1, -0.05) is 40.2 Å². The average Bonchev–Trinajstić information content (AvgIpc) is 2.41. The van der Waals surface area contributed by atoms with Crippen molar-refractivity contribution in [3.63, 3.8) is 0 Å². The van der Waals surface area contributed by atoms with Crippen molar-refractivity contribution in [1.29, 1.82) is 0 Å². The predicted molar refractivity (Wildman–Crippen MR) is 76.9 cm³/mol. The summed E-state index contributed by atoms with van der Waals surface area (Å²) in [5.41, 5.74) is 6.25. The molecular formula is C14H16BrN3. The van der Waals surface area contributed by atoms with E-state index in [-0.39, 0.29) is 6.04 Å². The second-order valence-electron chi connectivity index (χ2n) is 4.22. The maximum absolute atomic E-state index is 5.67. The van der Waals surface area contributed by atoms with Crippen LogP contribution in [-0.4, -0.2) is 4.98 Å². The summed E-state index contributed by atoms with van der Waals surface area (Å²) in [6.45, 7) is 2.07. The smallest absolute Gasteiger partial charge is 0.0526 e. The fraction of sp³-hybridized carbons (Fsp3) is 0.214. The molecule has 0 aliphatic carbocycles. The van der Waals surface area contributed by atoms with Crippen LogP contribution in [-0.2, 0) is 6.42 Å². The van der Waals surface area contributed by atoms with E-state index in [1.54, 1.807) is 6.20 Å². The fourth-order valence-corrected chi connectivity index (χ4v) is 2.47. The highest BCUT2D eigenvalue weighted by atomic mass is 79.9. The number of nitrogens with one attached hydrogen (secondary N) is 1. The maximum Gasteiger partial charge on any atom is 0.0526 e. The second kappa shape index (κ2) is 6.09. The molecule has 1 unspecified atom stereocenters. The number of aryl methyl sites for hydroxylation is 1. The number of halogens is 1. The van der Waals surface area contributed by atoms with Crippen LogP contribution in [0.15, 0.2) is 47.1 Å². The van der Waals surface area contributed by atoms with Crippen LogP contribution in [0, 0.1) is 6.92 Å². The van der Waals surface area contributed by atoms with Gasteiger partial charge in [0, 0.05) is 22.8 Å². The van der Waals surface area contributed by atoms with Gasteiger partial charge in [-0.2, -0.15) is 0 Å². The molecule has 0 saturated heterocycles. The molecule has 3 nitrogen and oxygen atoms in total. The summed E-state index contributed by atoms with van der Waals surface area (Å²) in [6, 6.07) is 12.1. The first-order chi connectivity index (χ1) is 8.72. The topological polar surface area (TPSA) is 50.9 Å². The number of nitrogens with two attached hydrogens (primary N) is 1. The minimum atomic E-state index is 0.0502. The van der Waals surface area contributed by atoms with Gasteiger partial charge in [0.15, 0.2) is 0 Å². The molecule has 2 rings (SSSR count). The molecule has 0 aliphatic heterocycles. The highest BCUT2D eigenvalue weighted by molar-refractivity contribution is 9.10. The molecule has 2 aromatic rings. The largest absolute Gasteiger partial charge is 0.271 e. The molecule has 0 fully saturated rings. The van der Waals surface area contributed by atoms with Crippen LogP contribution in [0.5, 0.6) is 0 Å². The third kappa shape index (κ3) is 2.96. The summed E-state index contributed by atoms with van der Waals surface area (Å²) < 4.78 is 1.10. The first-order valence-corrected chi connectivity index (χ1v) is 6.62. The van der Waals surface area contributed by atoms with Crippen molar-refractivity contribution in [2.75, 3.05) is 0 Å². The van der Waals surface area contributed by atoms with Crippen molar-refractivity contribution >= 4 is 15.9 Å². The van der Waals surface area contributed by atoms with Crippen molar-refractivity contribution in [3.05, 3.63) is 63.9 Å². The van der Waals surface area contributed by atoms with Crippen LogP contribution in [0.3, 0.4) is 0 Å². The summed E-state index contributed by atoms with van der Waals surface area (Å²) >= 11 is 3.62. The first kappa shape index (κ1) is 13.2. The van der Waals surface area contributed by atoms with E-state index in [0.29, 0.717) is 0 Å². The summed E-state index contributed by atoms with van der Waals surface area (Å²) in [5.74, 6) is 5.67. The van der Waals surface area contributed by atoms with Crippen LogP contribution in [0.1, 0.15) is 22.9 Å². The molecule has 0 spiro atoms. The molecule has 1 atom stereocenters. The standard InChI is InChI=1S/C14H16BrN3/c1-10-5-4-7-12(14(10)15)13(18-16)9-11-6-2-3-8-17-11/h2-8,13,18H,9,16H2,1H3. The van der Waals surface area contributed by atoms with Gasteiger partial charge in [-0.15, -0.1) is 0 Å². The van der Waals surface area contributed by atoms with Crippen molar-refractivity contribution in [2.45, 2.75) is 19.4 Å². The number of benzene rings is 1. The monoisotopic (exact) mass is 305 g/mol. The molecule has 3 N–H and O–H groups in total. The van der Waals surface area contributed by atoms with Crippen LogP contribution in [0.2, 0.25) is 0 Å². The van der Waals surface area contributed by atoms with Crippen LogP contribution < -0.4 is 11.3 Å². The highest BCUT2D eigenvalue weighted by Gasteiger charge is 2.15. The maximum atomic E-state index is 5.67. The number of rotatable bonds is 4. The van der Waals surface area contributed by atoms with Gasteiger partial charge >= 0.3 is 0 Å². The normalized spacial score (nSPS) is 12.4. The Kier molecular flexibility index (Phi) is 4.47. The zero-order valence-electron chi connectivity index (χ0n) is 10.2. The van der Waals surface area contributed by atoms with Crippen molar-refractivity contribution in [1.82, 2.24) is 10.4 Å². The van der Waals surface area contributed by atoms with E-state index in [1.165, 1.54) is 5.56 Å². The Morgan fingerprint density at radius 2 is 2.11 bits per heavy atom. The zero-order chi connectivity index (χ0) is 13.0. The average molecular weight is 306 g/mol. The summed E-state index contributed by atoms with van der Waals surface area (Å²) in [5, 5.41) is 0. The molecule has 0 radical (unpaired) electrons. The minimum absolute atomic E-state index is 0.0502. The van der Waals surface area contributed by atoms with Crippen LogP contribution in [0.4, 0.5) is 0 Å². The number of pyridine rings is 1. The van der Waals surface area contributed by atoms with Gasteiger partial charge in [0.1, 0.15) is 0 Å². The van der Waals surface area contributed by atoms with Crippen molar-refractivity contribution in [3.8, 4) is 0 Å². The highest BCUT2D eigenvalue weighted by Crippen LogP contribution is 2.27. The van der Waals surface area contributed by atoms with Gasteiger partial charge in [-0.3, -0.25) is 16.3 Å². The molecule has 94 valence electrons. The molecule has 4 heteroatoms. The van der Waals surface area contributed by atoms with E-state index in [2.05, 4.69) is 45.4 Å². The van der Waals surface area contributed by atoms with Crippen LogP contribution >= 0.6 is 15.9 Å². The Labute approximate surface area is 116 Å². The molecule has 1 aromatic carbocycles. The Morgan fingerprint density at radius 1 is 1.28 bits per heavy atom. The molecule has 1 aromatic heterocycles. The lowest BCUT2D eigenvalue weighted by atomic mass is 10.0. The predicted octanol–water partition coefficient (Wildman–Crippen LogP) is 2.90. The Hall–Kier alpha value is -1.23. The SMILES string of the molecule is Cc1cccc(C(Cc2ccccn2)NN)c1Br. The molecule has 18 heavy (non-hydrogen) atoms. The lowest BCUT2D eigenvalue weighted by Gasteiger charge is -2.18. The summed E-state index contributed by atoms with van der Waals surface area (Å²) in [4.78, 5) is 4.33. The number of nitrogens with zero attached hydrogens (tertiary/aromatic N) is 1. The third-order valence-electron chi connectivity index (χ3n) is 2.94. The molecular weight excluding hydrogens is 290 g/mol. The van der Waals surface area contributed by atoms with Crippen molar-refractivity contribution < 1.29 is 0 Å². The lowest BCUT2D eigenvalue weighted by molar-refractivity contribution is 0.543. The Morgan fingerprint density at radius 3 is 2.78 bits per heavy atom. The van der Waals surface area contributed by atoms with Gasteiger partial charge in [0.25, 0.3) is 0 Å². The zero-order valence-corrected chi connectivity index (χ0v) is 11.8. The quantitative estimate of drug-likeness (QED) is 0.674. The van der Waals surface area contributed by atoms with Gasteiger partial charge in [0.05, 0.1) is 6.04 Å². The van der Waals surface area contributed by atoms with E-state index in [1.807, 2.05) is 24.3 Å². The van der Waals surface area contributed by atoms with Crippen LogP contribution in [0.25, 0.3) is 0 Å². The van der Waals surface area contributed by atoms with E-state index >= 15 is 0 Å². The lowest BCUT2D eigenvalue weighted by Crippen LogP contribution is -2.30. The molecule has 0 bridgehead atoms. The number of hydrazine groups is 1. The molecule has 0 amide bonds. The first-order valence-electron chi connectivity index (χ1n) is 5.83. The van der Waals surface area contributed by atoms with Gasteiger partial charge in [-0.05, 0) is 30.2 Å². The molecule has 0 saturated carbocycles. The number of hydrogen-bond donors (Lipinski definition) is 2. The van der Waals surface area contributed by atoms with Gasteiger partial charge < -0.3 is 0 Å². The number of aromatic nitrogens is 1. The number of hydrogen-bond acceptors (Lipinski definition) is 3. The Bertz CT molecular complexity index is 514. The summed E-state index contributed by atoms with van der Waals surface area (Å²) in [6.07, 6.45) is 2.56. The van der Waals surface area contributed by atoms with Crippen molar-refractivity contribution in [2.24, 2.45) is 5.84 Å². The molecule has 0 aliphatic rings. The summed E-state index contributed by atoms with van der Waals surface area (Å²) in [7, 11) is 0. The fourth-order valence-electron chi connectivity index (χ4n) is 1.93. The minimum Gasteiger partial charge on any atom is -0.271 e.